The van der Waals surface area contributed by atoms with Gasteiger partial charge in [0, 0.05) is 24.7 Å². The molecule has 0 spiro atoms. The van der Waals surface area contributed by atoms with E-state index in [2.05, 4.69) is 10.3 Å². The number of carbonyl (C=O) groups excluding carboxylic acids is 1. The van der Waals surface area contributed by atoms with Crippen LogP contribution in [0.5, 0.6) is 5.88 Å². The third-order valence-corrected chi connectivity index (χ3v) is 4.53. The van der Waals surface area contributed by atoms with Gasteiger partial charge >= 0.3 is 0 Å². The molecule has 0 atom stereocenters. The first kappa shape index (κ1) is 13.9. The molecule has 0 radical (unpaired) electrons. The number of anilines is 2. The standard InChI is InChI=1S/C15H17N3O2S/c1-20-12-5-2-9(7-17-12)8-18-13-6-11(16)15(21-13)14(19)10-3-4-10/h2,5-7,10,18H,3-4,8,16H2,1H3. The van der Waals surface area contributed by atoms with Crippen molar-refractivity contribution >= 4 is 27.8 Å². The van der Waals surface area contributed by atoms with E-state index in [1.54, 1.807) is 13.3 Å². The highest BCUT2D eigenvalue weighted by Gasteiger charge is 2.32. The Kier molecular flexibility index (Phi) is 3.79. The lowest BCUT2D eigenvalue weighted by Gasteiger charge is -2.04. The Labute approximate surface area is 127 Å². The second-order valence-corrected chi connectivity index (χ2v) is 6.15. The molecule has 1 fully saturated rings. The zero-order chi connectivity index (χ0) is 14.8. The summed E-state index contributed by atoms with van der Waals surface area (Å²) in [6, 6.07) is 5.60. The van der Waals surface area contributed by atoms with Gasteiger partial charge in [0.25, 0.3) is 0 Å². The first-order valence-corrected chi connectivity index (χ1v) is 7.65. The molecule has 0 aromatic carbocycles. The lowest BCUT2D eigenvalue weighted by Crippen LogP contribution is -2.01. The van der Waals surface area contributed by atoms with E-state index in [1.165, 1.54) is 11.3 Å². The number of carbonyl (C=O) groups is 1. The van der Waals surface area contributed by atoms with Gasteiger partial charge in [0.15, 0.2) is 5.78 Å². The van der Waals surface area contributed by atoms with E-state index >= 15 is 0 Å². The van der Waals surface area contributed by atoms with Crippen LogP contribution in [-0.4, -0.2) is 17.9 Å². The molecule has 3 rings (SSSR count). The van der Waals surface area contributed by atoms with Crippen LogP contribution in [0.2, 0.25) is 0 Å². The Balaban J connectivity index is 1.64. The number of hydrogen-bond acceptors (Lipinski definition) is 6. The number of hydrogen-bond donors (Lipinski definition) is 2. The fourth-order valence-electron chi connectivity index (χ4n) is 2.04. The summed E-state index contributed by atoms with van der Waals surface area (Å²) in [5, 5.41) is 4.19. The highest BCUT2D eigenvalue weighted by molar-refractivity contribution is 7.18. The lowest BCUT2D eigenvalue weighted by atomic mass is 10.2. The molecule has 2 aromatic rings. The summed E-state index contributed by atoms with van der Waals surface area (Å²) in [6.45, 7) is 0.633. The maximum absolute atomic E-state index is 12.1. The molecule has 0 unspecified atom stereocenters. The van der Waals surface area contributed by atoms with Crippen molar-refractivity contribution in [1.29, 1.82) is 0 Å². The summed E-state index contributed by atoms with van der Waals surface area (Å²) in [5.74, 6) is 0.984. The highest BCUT2D eigenvalue weighted by Crippen LogP contribution is 2.38. The number of methoxy groups -OCH3 is 1. The van der Waals surface area contributed by atoms with E-state index in [9.17, 15) is 4.79 Å². The number of pyridine rings is 1. The molecule has 2 aromatic heterocycles. The summed E-state index contributed by atoms with van der Waals surface area (Å²) in [4.78, 5) is 16.9. The van der Waals surface area contributed by atoms with Crippen molar-refractivity contribution in [3.63, 3.8) is 0 Å². The van der Waals surface area contributed by atoms with Gasteiger partial charge in [-0.1, -0.05) is 6.07 Å². The average Bonchev–Trinajstić information content (AvgIpc) is 3.28. The second-order valence-electron chi connectivity index (χ2n) is 5.10. The van der Waals surface area contributed by atoms with Crippen molar-refractivity contribution in [3.8, 4) is 5.88 Å². The number of nitrogens with one attached hydrogen (secondary N) is 1. The second kappa shape index (κ2) is 5.73. The summed E-state index contributed by atoms with van der Waals surface area (Å²) in [7, 11) is 1.59. The van der Waals surface area contributed by atoms with E-state index in [1.807, 2.05) is 18.2 Å². The number of ether oxygens (including phenoxy) is 1. The van der Waals surface area contributed by atoms with E-state index in [0.717, 1.165) is 23.4 Å². The third-order valence-electron chi connectivity index (χ3n) is 3.41. The molecule has 5 nitrogen and oxygen atoms in total. The van der Waals surface area contributed by atoms with Gasteiger partial charge in [-0.15, -0.1) is 11.3 Å². The fraction of sp³-hybridized carbons (Fsp3) is 0.333. The van der Waals surface area contributed by atoms with Gasteiger partial charge in [0.1, 0.15) is 0 Å². The lowest BCUT2D eigenvalue weighted by molar-refractivity contribution is 0.0972. The van der Waals surface area contributed by atoms with Crippen LogP contribution in [0.3, 0.4) is 0 Å². The van der Waals surface area contributed by atoms with Gasteiger partial charge < -0.3 is 15.8 Å². The van der Waals surface area contributed by atoms with Crippen molar-refractivity contribution in [2.24, 2.45) is 5.92 Å². The Morgan fingerprint density at radius 3 is 2.95 bits per heavy atom. The largest absolute Gasteiger partial charge is 0.481 e. The summed E-state index contributed by atoms with van der Waals surface area (Å²) in [5.41, 5.74) is 7.55. The molecule has 0 aliphatic heterocycles. The molecule has 110 valence electrons. The number of nitrogens with two attached hydrogens (primary N) is 1. The van der Waals surface area contributed by atoms with Crippen LogP contribution < -0.4 is 15.8 Å². The quantitative estimate of drug-likeness (QED) is 0.802. The number of aromatic nitrogens is 1. The summed E-state index contributed by atoms with van der Waals surface area (Å²) in [6.07, 6.45) is 3.76. The molecule has 2 heterocycles. The molecule has 1 aliphatic carbocycles. The Hall–Kier alpha value is -2.08. The SMILES string of the molecule is COc1ccc(CNc2cc(N)c(C(=O)C3CC3)s2)cn1. The number of nitrogens with zero attached hydrogens (tertiary/aromatic N) is 1. The zero-order valence-corrected chi connectivity index (χ0v) is 12.6. The molecule has 21 heavy (non-hydrogen) atoms. The van der Waals surface area contributed by atoms with Crippen LogP contribution in [0.15, 0.2) is 24.4 Å². The number of nitrogen functional groups attached to an aromatic ring is 1. The van der Waals surface area contributed by atoms with E-state index in [4.69, 9.17) is 10.5 Å². The number of thiophene rings is 1. The van der Waals surface area contributed by atoms with Crippen LogP contribution in [-0.2, 0) is 6.54 Å². The van der Waals surface area contributed by atoms with Crippen molar-refractivity contribution in [1.82, 2.24) is 4.98 Å². The fourth-order valence-corrected chi connectivity index (χ4v) is 3.04. The molecule has 1 saturated carbocycles. The van der Waals surface area contributed by atoms with Gasteiger partial charge in [-0.3, -0.25) is 4.79 Å². The van der Waals surface area contributed by atoms with Crippen LogP contribution in [0, 0.1) is 5.92 Å². The average molecular weight is 303 g/mol. The summed E-state index contributed by atoms with van der Waals surface area (Å²) >= 11 is 1.43. The topological polar surface area (TPSA) is 77.2 Å². The minimum Gasteiger partial charge on any atom is -0.481 e. The van der Waals surface area contributed by atoms with Crippen LogP contribution in [0.1, 0.15) is 28.1 Å². The molecular formula is C15H17N3O2S. The monoisotopic (exact) mass is 303 g/mol. The van der Waals surface area contributed by atoms with Gasteiger partial charge in [-0.2, -0.15) is 0 Å². The van der Waals surface area contributed by atoms with Crippen molar-refractivity contribution < 1.29 is 9.53 Å². The molecule has 0 saturated heterocycles. The predicted octanol–water partition coefficient (Wildman–Crippen LogP) is 2.94. The van der Waals surface area contributed by atoms with Crippen LogP contribution in [0.25, 0.3) is 0 Å². The maximum atomic E-state index is 12.1. The normalized spacial score (nSPS) is 14.0. The Morgan fingerprint density at radius 1 is 1.52 bits per heavy atom. The van der Waals surface area contributed by atoms with Crippen LogP contribution in [0.4, 0.5) is 10.7 Å². The Morgan fingerprint density at radius 2 is 2.33 bits per heavy atom. The molecule has 0 bridgehead atoms. The Bertz CT molecular complexity index is 647. The van der Waals surface area contributed by atoms with Gasteiger partial charge in [-0.25, -0.2) is 4.98 Å². The highest BCUT2D eigenvalue weighted by atomic mass is 32.1. The minimum atomic E-state index is 0.191. The number of rotatable bonds is 6. The first-order chi connectivity index (χ1) is 10.2. The maximum Gasteiger partial charge on any atom is 0.212 e. The van der Waals surface area contributed by atoms with E-state index in [0.29, 0.717) is 23.0 Å². The van der Waals surface area contributed by atoms with Crippen LogP contribution >= 0.6 is 11.3 Å². The molecular weight excluding hydrogens is 286 g/mol. The van der Waals surface area contributed by atoms with Gasteiger partial charge in [-0.05, 0) is 24.5 Å². The molecule has 0 amide bonds. The van der Waals surface area contributed by atoms with Crippen molar-refractivity contribution in [3.05, 3.63) is 34.8 Å². The predicted molar refractivity (Wildman–Crippen MR) is 83.9 cm³/mol. The van der Waals surface area contributed by atoms with E-state index < -0.39 is 0 Å². The number of Topliss-reactive ketones (excluding diaryl/α,β-unsaturated/α-hetero) is 1. The molecule has 1 aliphatic rings. The van der Waals surface area contributed by atoms with Gasteiger partial charge in [0.05, 0.1) is 22.7 Å². The zero-order valence-electron chi connectivity index (χ0n) is 11.8. The van der Waals surface area contributed by atoms with E-state index in [-0.39, 0.29) is 11.7 Å². The van der Waals surface area contributed by atoms with Crippen molar-refractivity contribution in [2.75, 3.05) is 18.2 Å². The third kappa shape index (κ3) is 3.16. The first-order valence-electron chi connectivity index (χ1n) is 6.83. The van der Waals surface area contributed by atoms with Gasteiger partial charge in [0.2, 0.25) is 5.88 Å². The summed E-state index contributed by atoms with van der Waals surface area (Å²) < 4.78 is 5.02. The van der Waals surface area contributed by atoms with Crippen molar-refractivity contribution in [2.45, 2.75) is 19.4 Å². The smallest absolute Gasteiger partial charge is 0.212 e. The number of ketones is 1. The molecule has 6 heteroatoms. The molecule has 3 N–H and O–H groups in total. The minimum absolute atomic E-state index is 0.191.